The molecule has 0 aromatic rings. The summed E-state index contributed by atoms with van der Waals surface area (Å²) in [5.41, 5.74) is 0. The molecule has 92 valence electrons. The minimum absolute atomic E-state index is 0. The van der Waals surface area contributed by atoms with E-state index in [0.717, 1.165) is 0 Å². The summed E-state index contributed by atoms with van der Waals surface area (Å²) in [5.74, 6) is -4.12. The van der Waals surface area contributed by atoms with Gasteiger partial charge in [0.2, 0.25) is 0 Å². The largest absolute Gasteiger partial charge is 1.00 e. The van der Waals surface area contributed by atoms with Gasteiger partial charge in [-0.05, 0) is 12.8 Å². The third kappa shape index (κ3) is 14.4. The third-order valence-electron chi connectivity index (χ3n) is 1.72. The fourth-order valence-electron chi connectivity index (χ4n) is 0.966. The zero-order chi connectivity index (χ0) is 12.6. The van der Waals surface area contributed by atoms with Crippen LogP contribution in [0.3, 0.4) is 0 Å². The van der Waals surface area contributed by atoms with Crippen molar-refractivity contribution < 1.29 is 93.6 Å². The Kier molecular flexibility index (Phi) is 18.0. The number of carboxylic acids is 3. The molecule has 9 heteroatoms. The van der Waals surface area contributed by atoms with Gasteiger partial charge in [-0.2, -0.15) is 0 Å². The summed E-state index contributed by atoms with van der Waals surface area (Å²) in [6, 6.07) is 0. The van der Waals surface area contributed by atoms with E-state index in [1.165, 1.54) is 0 Å². The predicted octanol–water partition coefficient (Wildman–Crippen LogP) is -8.48. The molecule has 0 fully saturated rings. The molecule has 1 unspecified atom stereocenters. The van der Waals surface area contributed by atoms with Crippen LogP contribution < -0.4 is 69.3 Å². The second-order valence-corrected chi connectivity index (χ2v) is 3.11. The molecule has 0 aliphatic rings. The number of carboxylic acid groups (broad SMARTS) is 3. The van der Waals surface area contributed by atoms with E-state index in [2.05, 4.69) is 0 Å². The maximum absolute atomic E-state index is 10.4. The van der Waals surface area contributed by atoms with E-state index in [9.17, 15) is 24.6 Å². The number of ether oxygens (including phenoxy) is 1. The standard InChI is InChI=1S/C9H14O7.2Na/c10-7(11)3-1-2-4-16-6(9(14)15)5-8(12)13;;/h6H,1-5H2,(H,10,11)(H,12,13)(H,14,15);;/q;2*+1/p-2. The maximum Gasteiger partial charge on any atom is 1.00 e. The zero-order valence-corrected chi connectivity index (χ0v) is 14.5. The van der Waals surface area contributed by atoms with Crippen LogP contribution >= 0.6 is 0 Å². The normalized spacial score (nSPS) is 10.7. The van der Waals surface area contributed by atoms with Crippen LogP contribution in [0.1, 0.15) is 25.7 Å². The van der Waals surface area contributed by atoms with Crippen molar-refractivity contribution in [2.24, 2.45) is 0 Å². The third-order valence-corrected chi connectivity index (χ3v) is 1.72. The quantitative estimate of drug-likeness (QED) is 0.328. The summed E-state index contributed by atoms with van der Waals surface area (Å²) in [6.07, 6.45) is -1.69. The molecule has 0 aliphatic carbocycles. The van der Waals surface area contributed by atoms with E-state index in [1.54, 1.807) is 0 Å². The van der Waals surface area contributed by atoms with Crippen molar-refractivity contribution in [3.8, 4) is 0 Å². The first-order valence-electron chi connectivity index (χ1n) is 4.67. The molecule has 1 atom stereocenters. The van der Waals surface area contributed by atoms with E-state index >= 15 is 0 Å². The molecule has 0 aromatic heterocycles. The number of hydrogen-bond donors (Lipinski definition) is 1. The van der Waals surface area contributed by atoms with Gasteiger partial charge in [0.15, 0.2) is 0 Å². The number of carbonyl (C=O) groups is 3. The summed E-state index contributed by atoms with van der Waals surface area (Å²) in [6.45, 7) is -0.0286. The van der Waals surface area contributed by atoms with Gasteiger partial charge >= 0.3 is 65.1 Å². The molecule has 7 nitrogen and oxygen atoms in total. The Morgan fingerprint density at radius 3 is 2.06 bits per heavy atom. The Labute approximate surface area is 148 Å². The van der Waals surface area contributed by atoms with Crippen LogP contribution in [-0.4, -0.2) is 35.7 Å². The molecule has 0 saturated heterocycles. The van der Waals surface area contributed by atoms with Crippen molar-refractivity contribution in [2.75, 3.05) is 6.61 Å². The molecule has 0 rings (SSSR count). The Morgan fingerprint density at radius 1 is 1.11 bits per heavy atom. The minimum Gasteiger partial charge on any atom is -0.550 e. The molecule has 0 aromatic carbocycles. The van der Waals surface area contributed by atoms with Gasteiger partial charge in [0.25, 0.3) is 0 Å². The molecule has 0 aliphatic heterocycles. The molecule has 0 heterocycles. The van der Waals surface area contributed by atoms with Crippen LogP contribution in [0.25, 0.3) is 0 Å². The van der Waals surface area contributed by atoms with Crippen molar-refractivity contribution in [3.63, 3.8) is 0 Å². The number of unbranched alkanes of at least 4 members (excludes halogenated alkanes) is 1. The van der Waals surface area contributed by atoms with Gasteiger partial charge in [-0.25, -0.2) is 0 Å². The van der Waals surface area contributed by atoms with Crippen molar-refractivity contribution in [3.05, 3.63) is 0 Å². The smallest absolute Gasteiger partial charge is 0.550 e. The van der Waals surface area contributed by atoms with E-state index < -0.39 is 30.4 Å². The fourth-order valence-corrected chi connectivity index (χ4v) is 0.966. The van der Waals surface area contributed by atoms with Gasteiger partial charge in [-0.15, -0.1) is 0 Å². The summed E-state index contributed by atoms with van der Waals surface area (Å²) >= 11 is 0. The van der Waals surface area contributed by atoms with Gasteiger partial charge in [0.1, 0.15) is 6.10 Å². The van der Waals surface area contributed by atoms with Gasteiger partial charge < -0.3 is 29.6 Å². The van der Waals surface area contributed by atoms with Crippen molar-refractivity contribution >= 4 is 17.9 Å². The van der Waals surface area contributed by atoms with Crippen molar-refractivity contribution in [2.45, 2.75) is 31.8 Å². The van der Waals surface area contributed by atoms with Gasteiger partial charge in [-0.3, -0.25) is 4.79 Å². The average molecular weight is 278 g/mol. The Balaban J connectivity index is -0.00000112. The minimum atomic E-state index is -1.62. The van der Waals surface area contributed by atoms with Crippen LogP contribution in [0.4, 0.5) is 0 Å². The Bertz CT molecular complexity index is 270. The molecule has 0 saturated carbocycles. The molecule has 0 bridgehead atoms. The molecule has 0 spiro atoms. The van der Waals surface area contributed by atoms with Crippen LogP contribution in [0, 0.1) is 0 Å². The molecular weight excluding hydrogens is 266 g/mol. The first-order valence-corrected chi connectivity index (χ1v) is 4.67. The first kappa shape index (κ1) is 23.5. The monoisotopic (exact) mass is 278 g/mol. The summed E-state index contributed by atoms with van der Waals surface area (Å²) in [4.78, 5) is 30.6. The predicted molar refractivity (Wildman–Crippen MR) is 45.9 cm³/mol. The van der Waals surface area contributed by atoms with Gasteiger partial charge in [0, 0.05) is 25.4 Å². The summed E-state index contributed by atoms with van der Waals surface area (Å²) in [5, 5.41) is 28.8. The van der Waals surface area contributed by atoms with Crippen LogP contribution in [0.2, 0.25) is 0 Å². The number of rotatable bonds is 9. The van der Waals surface area contributed by atoms with Crippen LogP contribution in [0.5, 0.6) is 0 Å². The van der Waals surface area contributed by atoms with Crippen LogP contribution in [-0.2, 0) is 19.1 Å². The maximum atomic E-state index is 10.4. The van der Waals surface area contributed by atoms with E-state index in [1.807, 2.05) is 0 Å². The van der Waals surface area contributed by atoms with Gasteiger partial charge in [0.05, 0.1) is 5.97 Å². The first-order chi connectivity index (χ1) is 7.43. The number of hydrogen-bond acceptors (Lipinski definition) is 6. The van der Waals surface area contributed by atoms with E-state index in [0.29, 0.717) is 12.8 Å². The summed E-state index contributed by atoms with van der Waals surface area (Å²) in [7, 11) is 0. The van der Waals surface area contributed by atoms with Gasteiger partial charge in [-0.1, -0.05) is 0 Å². The molecule has 0 amide bonds. The van der Waals surface area contributed by atoms with Crippen molar-refractivity contribution in [1.29, 1.82) is 0 Å². The number of aliphatic carboxylic acids is 3. The van der Waals surface area contributed by atoms with Crippen LogP contribution in [0.15, 0.2) is 0 Å². The number of carbonyl (C=O) groups excluding carboxylic acids is 2. The van der Waals surface area contributed by atoms with E-state index in [4.69, 9.17) is 9.84 Å². The van der Waals surface area contributed by atoms with Crippen molar-refractivity contribution in [1.82, 2.24) is 0 Å². The zero-order valence-electron chi connectivity index (χ0n) is 10.5. The average Bonchev–Trinajstić information content (AvgIpc) is 2.14. The van der Waals surface area contributed by atoms with E-state index in [-0.39, 0.29) is 72.1 Å². The SMILES string of the molecule is O=C([O-])CC(OCCCCC(=O)O)C(=O)[O-].[Na+].[Na+]. The Hall–Kier alpha value is 0.370. The summed E-state index contributed by atoms with van der Waals surface area (Å²) < 4.78 is 4.72. The molecular formula is C9H12Na2O7. The molecule has 0 radical (unpaired) electrons. The second kappa shape index (κ2) is 13.8. The Morgan fingerprint density at radius 2 is 1.67 bits per heavy atom. The second-order valence-electron chi connectivity index (χ2n) is 3.11. The topological polar surface area (TPSA) is 127 Å². The fraction of sp³-hybridized carbons (Fsp3) is 0.667. The molecule has 18 heavy (non-hydrogen) atoms. The molecule has 1 N–H and O–H groups in total.